The van der Waals surface area contributed by atoms with Gasteiger partial charge in [0, 0.05) is 19.2 Å². The number of carboxylic acids is 1. The molecule has 8 heteroatoms. The number of hydrogen-bond donors (Lipinski definition) is 1. The number of carbonyl (C=O) groups is 1. The highest BCUT2D eigenvalue weighted by Gasteiger charge is 2.48. The van der Waals surface area contributed by atoms with Gasteiger partial charge in [0.1, 0.15) is 0 Å². The zero-order valence-corrected chi connectivity index (χ0v) is 10.0. The van der Waals surface area contributed by atoms with Crippen molar-refractivity contribution in [3.8, 4) is 0 Å². The number of hydrogen-bond acceptors (Lipinski definition) is 2. The Balaban J connectivity index is 2.40. The van der Waals surface area contributed by atoms with Crippen molar-refractivity contribution < 1.29 is 27.5 Å². The molecule has 1 N–H and O–H groups in total. The molecule has 0 saturated heterocycles. The topological polar surface area (TPSA) is 55.1 Å². The molecule has 0 amide bonds. The molecule has 1 aromatic rings. The van der Waals surface area contributed by atoms with Gasteiger partial charge in [-0.1, -0.05) is 0 Å². The molecule has 0 saturated carbocycles. The van der Waals surface area contributed by atoms with Gasteiger partial charge >= 0.3 is 18.3 Å². The Morgan fingerprint density at radius 2 is 2.16 bits per heavy atom. The third-order valence-corrected chi connectivity index (χ3v) is 3.39. The molecule has 0 fully saturated rings. The second-order valence-electron chi connectivity index (χ2n) is 4.59. The predicted octanol–water partition coefficient (Wildman–Crippen LogP) is 1.97. The fourth-order valence-electron chi connectivity index (χ4n) is 2.32. The first kappa shape index (κ1) is 13.8. The van der Waals surface area contributed by atoms with Gasteiger partial charge in [0.2, 0.25) is 0 Å². The summed E-state index contributed by atoms with van der Waals surface area (Å²) < 4.78 is 52.3. The van der Waals surface area contributed by atoms with E-state index in [1.807, 2.05) is 0 Å². The Kier molecular flexibility index (Phi) is 3.27. The van der Waals surface area contributed by atoms with E-state index in [1.165, 1.54) is 7.05 Å². The standard InChI is InChI=1S/C11H12F4N2O2/c1-17-7-3-2-5(8(18)19)4-6(7)16-10(17)11(14,15)9(12)13/h5,9H,2-4H2,1H3,(H,18,19). The molecule has 1 atom stereocenters. The zero-order chi connectivity index (χ0) is 14.4. The Bertz CT molecular complexity index is 513. The van der Waals surface area contributed by atoms with Gasteiger partial charge in [-0.3, -0.25) is 4.79 Å². The zero-order valence-electron chi connectivity index (χ0n) is 10.0. The number of rotatable bonds is 3. The summed E-state index contributed by atoms with van der Waals surface area (Å²) in [4.78, 5) is 14.4. The molecule has 0 aliphatic heterocycles. The fraction of sp³-hybridized carbons (Fsp3) is 0.636. The first-order chi connectivity index (χ1) is 8.75. The lowest BCUT2D eigenvalue weighted by Crippen LogP contribution is -2.27. The number of halogens is 4. The van der Waals surface area contributed by atoms with Crippen molar-refractivity contribution in [1.29, 1.82) is 0 Å². The first-order valence-corrected chi connectivity index (χ1v) is 5.68. The van der Waals surface area contributed by atoms with Crippen LogP contribution in [0.5, 0.6) is 0 Å². The minimum absolute atomic E-state index is 0.00216. The van der Waals surface area contributed by atoms with Crippen LogP contribution in [-0.4, -0.2) is 27.1 Å². The molecular weight excluding hydrogens is 268 g/mol. The van der Waals surface area contributed by atoms with Gasteiger partial charge in [-0.05, 0) is 12.8 Å². The van der Waals surface area contributed by atoms with E-state index < -0.39 is 30.1 Å². The highest BCUT2D eigenvalue weighted by atomic mass is 19.3. The fourth-order valence-corrected chi connectivity index (χ4v) is 2.32. The lowest BCUT2D eigenvalue weighted by atomic mass is 9.90. The minimum Gasteiger partial charge on any atom is -0.481 e. The van der Waals surface area contributed by atoms with Gasteiger partial charge in [0.05, 0.1) is 11.6 Å². The van der Waals surface area contributed by atoms with Gasteiger partial charge in [-0.15, -0.1) is 0 Å². The summed E-state index contributed by atoms with van der Waals surface area (Å²) in [5.74, 6) is -7.06. The van der Waals surface area contributed by atoms with Gasteiger partial charge < -0.3 is 9.67 Å². The lowest BCUT2D eigenvalue weighted by molar-refractivity contribution is -0.142. The first-order valence-electron chi connectivity index (χ1n) is 5.68. The minimum atomic E-state index is -4.33. The second-order valence-corrected chi connectivity index (χ2v) is 4.59. The summed E-state index contributed by atoms with van der Waals surface area (Å²) in [5, 5.41) is 8.89. The summed E-state index contributed by atoms with van der Waals surface area (Å²) >= 11 is 0. The largest absolute Gasteiger partial charge is 0.481 e. The second kappa shape index (κ2) is 4.50. The maximum Gasteiger partial charge on any atom is 0.364 e. The van der Waals surface area contributed by atoms with Crippen LogP contribution < -0.4 is 0 Å². The average Bonchev–Trinajstić information content (AvgIpc) is 2.66. The number of carboxylic acid groups (broad SMARTS) is 1. The Hall–Kier alpha value is -1.60. The van der Waals surface area contributed by atoms with E-state index in [2.05, 4.69) is 4.98 Å². The molecule has 1 heterocycles. The van der Waals surface area contributed by atoms with Gasteiger partial charge in [-0.25, -0.2) is 13.8 Å². The number of aliphatic carboxylic acids is 1. The molecule has 0 spiro atoms. The SMILES string of the molecule is Cn1c(C(F)(F)C(F)F)nc2c1CCC(C(=O)O)C2. The molecule has 4 nitrogen and oxygen atoms in total. The van der Waals surface area contributed by atoms with Crippen LogP contribution in [0.25, 0.3) is 0 Å². The molecule has 0 aromatic carbocycles. The van der Waals surface area contributed by atoms with Crippen molar-refractivity contribution in [2.24, 2.45) is 13.0 Å². The highest BCUT2D eigenvalue weighted by Crippen LogP contribution is 2.36. The Labute approximate surface area is 106 Å². The predicted molar refractivity (Wildman–Crippen MR) is 56.3 cm³/mol. The van der Waals surface area contributed by atoms with Gasteiger partial charge in [-0.2, -0.15) is 8.78 Å². The molecule has 1 aliphatic rings. The van der Waals surface area contributed by atoms with Crippen molar-refractivity contribution >= 4 is 5.97 Å². The van der Waals surface area contributed by atoms with E-state index in [0.717, 1.165) is 4.57 Å². The van der Waals surface area contributed by atoms with Crippen LogP contribution in [0.2, 0.25) is 0 Å². The molecule has 2 rings (SSSR count). The summed E-state index contributed by atoms with van der Waals surface area (Å²) in [7, 11) is 1.25. The molecular formula is C11H12F4N2O2. The average molecular weight is 280 g/mol. The van der Waals surface area contributed by atoms with Crippen LogP contribution in [0.15, 0.2) is 0 Å². The van der Waals surface area contributed by atoms with Crippen molar-refractivity contribution in [1.82, 2.24) is 9.55 Å². The quantitative estimate of drug-likeness (QED) is 0.861. The van der Waals surface area contributed by atoms with Crippen molar-refractivity contribution in [2.45, 2.75) is 31.6 Å². The van der Waals surface area contributed by atoms with Crippen LogP contribution in [0.3, 0.4) is 0 Å². The molecule has 19 heavy (non-hydrogen) atoms. The molecule has 0 radical (unpaired) electrons. The molecule has 0 bridgehead atoms. The normalized spacial score (nSPS) is 19.6. The van der Waals surface area contributed by atoms with E-state index in [9.17, 15) is 22.4 Å². The Morgan fingerprint density at radius 3 is 2.68 bits per heavy atom. The van der Waals surface area contributed by atoms with E-state index in [1.54, 1.807) is 0 Å². The molecule has 1 unspecified atom stereocenters. The third kappa shape index (κ3) is 2.19. The summed E-state index contributed by atoms with van der Waals surface area (Å²) in [6.45, 7) is 0. The van der Waals surface area contributed by atoms with Crippen LogP contribution in [0.1, 0.15) is 23.6 Å². The molecule has 1 aliphatic carbocycles. The highest BCUT2D eigenvalue weighted by molar-refractivity contribution is 5.70. The summed E-state index contributed by atoms with van der Waals surface area (Å²) in [5.41, 5.74) is 0.587. The van der Waals surface area contributed by atoms with Gasteiger partial charge in [0.25, 0.3) is 0 Å². The van der Waals surface area contributed by atoms with Crippen LogP contribution in [0.4, 0.5) is 17.6 Å². The molecule has 106 valence electrons. The van der Waals surface area contributed by atoms with Crippen LogP contribution >= 0.6 is 0 Å². The Morgan fingerprint density at radius 1 is 1.53 bits per heavy atom. The maximum absolute atomic E-state index is 13.3. The number of aromatic nitrogens is 2. The van der Waals surface area contributed by atoms with Crippen molar-refractivity contribution in [2.75, 3.05) is 0 Å². The third-order valence-electron chi connectivity index (χ3n) is 3.39. The van der Waals surface area contributed by atoms with Crippen LogP contribution in [0, 0.1) is 5.92 Å². The smallest absolute Gasteiger partial charge is 0.364 e. The number of imidazole rings is 1. The van der Waals surface area contributed by atoms with Crippen LogP contribution in [-0.2, 0) is 30.6 Å². The summed E-state index contributed by atoms with van der Waals surface area (Å²) in [6, 6.07) is 0. The lowest BCUT2D eigenvalue weighted by Gasteiger charge is -2.18. The summed E-state index contributed by atoms with van der Waals surface area (Å²) in [6.07, 6.45) is -3.31. The molecule has 1 aromatic heterocycles. The van der Waals surface area contributed by atoms with E-state index >= 15 is 0 Å². The number of alkyl halides is 4. The van der Waals surface area contributed by atoms with Crippen molar-refractivity contribution in [3.63, 3.8) is 0 Å². The maximum atomic E-state index is 13.3. The van der Waals surface area contributed by atoms with E-state index in [4.69, 9.17) is 5.11 Å². The monoisotopic (exact) mass is 280 g/mol. The van der Waals surface area contributed by atoms with E-state index in [0.29, 0.717) is 12.1 Å². The number of fused-ring (bicyclic) bond motifs is 1. The van der Waals surface area contributed by atoms with Gasteiger partial charge in [0.15, 0.2) is 5.82 Å². The van der Waals surface area contributed by atoms with E-state index in [-0.39, 0.29) is 18.5 Å². The number of nitrogens with zero attached hydrogens (tertiary/aromatic N) is 2. The van der Waals surface area contributed by atoms with Crippen molar-refractivity contribution in [3.05, 3.63) is 17.2 Å².